The number of hydrogen-bond acceptors (Lipinski definition) is 5. The Balaban J connectivity index is 1.67. The molecule has 0 aliphatic carbocycles. The molecule has 0 fully saturated rings. The van der Waals surface area contributed by atoms with Gasteiger partial charge in [-0.2, -0.15) is 5.26 Å². The van der Waals surface area contributed by atoms with Crippen LogP contribution in [0.5, 0.6) is 0 Å². The van der Waals surface area contributed by atoms with E-state index in [2.05, 4.69) is 16.4 Å². The highest BCUT2D eigenvalue weighted by molar-refractivity contribution is 8.00. The minimum absolute atomic E-state index is 0.130. The summed E-state index contributed by atoms with van der Waals surface area (Å²) in [6.45, 7) is 7.67. The van der Waals surface area contributed by atoms with Gasteiger partial charge in [0.25, 0.3) is 0 Å². The van der Waals surface area contributed by atoms with E-state index < -0.39 is 0 Å². The molecule has 138 valence electrons. The highest BCUT2D eigenvalue weighted by atomic mass is 32.2. The van der Waals surface area contributed by atoms with Gasteiger partial charge in [0.15, 0.2) is 0 Å². The van der Waals surface area contributed by atoms with Gasteiger partial charge in [-0.1, -0.05) is 30.0 Å². The summed E-state index contributed by atoms with van der Waals surface area (Å²) >= 11 is 1.28. The summed E-state index contributed by atoms with van der Waals surface area (Å²) in [5.74, 6) is 0.774. The SMILES string of the molecule is Cc1nc(SCC(=O)N[C@@H](C)c2cc3ccccc3o2)c(C#N)c(C)c1C. The predicted molar refractivity (Wildman–Crippen MR) is 107 cm³/mol. The van der Waals surface area contributed by atoms with E-state index in [4.69, 9.17) is 4.42 Å². The molecule has 0 unspecified atom stereocenters. The maximum Gasteiger partial charge on any atom is 0.231 e. The number of benzene rings is 1. The van der Waals surface area contributed by atoms with Gasteiger partial charge in [-0.05, 0) is 51.0 Å². The Labute approximate surface area is 162 Å². The third kappa shape index (κ3) is 3.99. The van der Waals surface area contributed by atoms with Crippen LogP contribution in [0.25, 0.3) is 11.0 Å². The number of rotatable bonds is 5. The number of thioether (sulfide) groups is 1. The van der Waals surface area contributed by atoms with Crippen molar-refractivity contribution in [1.82, 2.24) is 10.3 Å². The Hall–Kier alpha value is -2.78. The fourth-order valence-electron chi connectivity index (χ4n) is 2.85. The summed E-state index contributed by atoms with van der Waals surface area (Å²) in [5, 5.41) is 14.0. The summed E-state index contributed by atoms with van der Waals surface area (Å²) in [5.41, 5.74) is 4.16. The minimum Gasteiger partial charge on any atom is -0.459 e. The van der Waals surface area contributed by atoms with Gasteiger partial charge >= 0.3 is 0 Å². The summed E-state index contributed by atoms with van der Waals surface area (Å²) in [6.07, 6.45) is 0. The number of para-hydroxylation sites is 1. The Morgan fingerprint density at radius 1 is 1.30 bits per heavy atom. The van der Waals surface area contributed by atoms with Crippen LogP contribution in [0.15, 0.2) is 39.8 Å². The Morgan fingerprint density at radius 3 is 2.74 bits per heavy atom. The van der Waals surface area contributed by atoms with Gasteiger partial charge in [0.2, 0.25) is 5.91 Å². The van der Waals surface area contributed by atoms with Gasteiger partial charge < -0.3 is 9.73 Å². The van der Waals surface area contributed by atoms with Gasteiger partial charge in [-0.3, -0.25) is 4.79 Å². The van der Waals surface area contributed by atoms with E-state index in [0.717, 1.165) is 27.8 Å². The molecule has 5 nitrogen and oxygen atoms in total. The van der Waals surface area contributed by atoms with E-state index in [1.54, 1.807) is 0 Å². The van der Waals surface area contributed by atoms with Crippen molar-refractivity contribution in [2.24, 2.45) is 0 Å². The van der Waals surface area contributed by atoms with Crippen molar-refractivity contribution in [2.45, 2.75) is 38.8 Å². The van der Waals surface area contributed by atoms with Crippen LogP contribution in [0.3, 0.4) is 0 Å². The summed E-state index contributed by atoms with van der Waals surface area (Å²) in [6, 6.07) is 11.7. The molecular weight excluding hydrogens is 358 g/mol. The van der Waals surface area contributed by atoms with Crippen molar-refractivity contribution in [3.63, 3.8) is 0 Å². The molecule has 2 aromatic heterocycles. The van der Waals surface area contributed by atoms with Crippen molar-refractivity contribution in [3.8, 4) is 6.07 Å². The second-order valence-corrected chi connectivity index (χ2v) is 7.47. The molecule has 1 N–H and O–H groups in total. The van der Waals surface area contributed by atoms with E-state index in [1.807, 2.05) is 58.0 Å². The fourth-order valence-corrected chi connectivity index (χ4v) is 3.75. The maximum atomic E-state index is 12.4. The zero-order valence-corrected chi connectivity index (χ0v) is 16.6. The molecule has 2 heterocycles. The van der Waals surface area contributed by atoms with Crippen LogP contribution in [0.4, 0.5) is 0 Å². The molecule has 1 amide bonds. The number of furan rings is 1. The van der Waals surface area contributed by atoms with Crippen LogP contribution in [0.2, 0.25) is 0 Å². The number of aromatic nitrogens is 1. The summed E-state index contributed by atoms with van der Waals surface area (Å²) in [7, 11) is 0. The molecule has 0 bridgehead atoms. The zero-order chi connectivity index (χ0) is 19.6. The van der Waals surface area contributed by atoms with Crippen LogP contribution in [-0.4, -0.2) is 16.6 Å². The number of hydrogen-bond donors (Lipinski definition) is 1. The van der Waals surface area contributed by atoms with E-state index in [1.165, 1.54) is 11.8 Å². The second-order valence-electron chi connectivity index (χ2n) is 6.50. The summed E-state index contributed by atoms with van der Waals surface area (Å²) in [4.78, 5) is 16.9. The van der Waals surface area contributed by atoms with Crippen molar-refractivity contribution in [2.75, 3.05) is 5.75 Å². The molecule has 3 aromatic rings. The predicted octanol–water partition coefficient (Wildman–Crippen LogP) is 4.59. The molecule has 1 atom stereocenters. The average molecular weight is 379 g/mol. The van der Waals surface area contributed by atoms with Gasteiger partial charge in [0, 0.05) is 11.1 Å². The van der Waals surface area contributed by atoms with Crippen LogP contribution in [-0.2, 0) is 4.79 Å². The van der Waals surface area contributed by atoms with E-state index >= 15 is 0 Å². The van der Waals surface area contributed by atoms with Crippen molar-refractivity contribution < 1.29 is 9.21 Å². The number of carbonyl (C=O) groups is 1. The average Bonchev–Trinajstić information content (AvgIpc) is 3.09. The standard InChI is InChI=1S/C21H21N3O2S/c1-12-13(2)17(10-22)21(24-14(12)3)27-11-20(25)23-15(4)19-9-16-7-5-6-8-18(16)26-19/h5-9,15H,11H2,1-4H3,(H,23,25)/t15-/m0/s1. The minimum atomic E-state index is -0.240. The van der Waals surface area contributed by atoms with Gasteiger partial charge in [0.1, 0.15) is 22.4 Å². The van der Waals surface area contributed by atoms with E-state index in [9.17, 15) is 10.1 Å². The lowest BCUT2D eigenvalue weighted by molar-refractivity contribution is -0.119. The summed E-state index contributed by atoms with van der Waals surface area (Å²) < 4.78 is 5.80. The molecule has 0 saturated heterocycles. The molecule has 0 spiro atoms. The Kier molecular flexibility index (Phi) is 5.52. The molecule has 0 aliphatic rings. The topological polar surface area (TPSA) is 78.9 Å². The lowest BCUT2D eigenvalue weighted by Crippen LogP contribution is -2.28. The van der Waals surface area contributed by atoms with Crippen LogP contribution < -0.4 is 5.32 Å². The molecule has 0 aliphatic heterocycles. The highest BCUT2D eigenvalue weighted by Gasteiger charge is 2.17. The van der Waals surface area contributed by atoms with Gasteiger partial charge in [0.05, 0.1) is 17.4 Å². The number of nitrogens with one attached hydrogen (secondary N) is 1. The van der Waals surface area contributed by atoms with E-state index in [-0.39, 0.29) is 17.7 Å². The first-order valence-electron chi connectivity index (χ1n) is 8.69. The zero-order valence-electron chi connectivity index (χ0n) is 15.8. The molecule has 0 radical (unpaired) electrons. The van der Waals surface area contributed by atoms with E-state index in [0.29, 0.717) is 16.3 Å². The molecule has 6 heteroatoms. The number of aryl methyl sites for hydroxylation is 1. The first-order valence-corrected chi connectivity index (χ1v) is 9.67. The van der Waals surface area contributed by atoms with Crippen LogP contribution in [0.1, 0.15) is 41.1 Å². The fraction of sp³-hybridized carbons (Fsp3) is 0.286. The second kappa shape index (κ2) is 7.85. The number of amides is 1. The largest absolute Gasteiger partial charge is 0.459 e. The van der Waals surface area contributed by atoms with Crippen LogP contribution >= 0.6 is 11.8 Å². The van der Waals surface area contributed by atoms with Crippen molar-refractivity contribution in [3.05, 3.63) is 58.5 Å². The lowest BCUT2D eigenvalue weighted by Gasteiger charge is -2.13. The number of nitrogens with zero attached hydrogens (tertiary/aromatic N) is 2. The highest BCUT2D eigenvalue weighted by Crippen LogP contribution is 2.27. The molecule has 1 aromatic carbocycles. The Bertz CT molecular complexity index is 1020. The maximum absolute atomic E-state index is 12.4. The van der Waals surface area contributed by atoms with Crippen LogP contribution in [0, 0.1) is 32.1 Å². The third-order valence-corrected chi connectivity index (χ3v) is 5.64. The van der Waals surface area contributed by atoms with Crippen molar-refractivity contribution in [1.29, 1.82) is 5.26 Å². The number of nitriles is 1. The van der Waals surface area contributed by atoms with Gasteiger partial charge in [-0.25, -0.2) is 4.98 Å². The first-order chi connectivity index (χ1) is 12.9. The number of carbonyl (C=O) groups excluding carboxylic acids is 1. The number of fused-ring (bicyclic) bond motifs is 1. The number of pyridine rings is 1. The molecule has 0 saturated carbocycles. The monoisotopic (exact) mass is 379 g/mol. The smallest absolute Gasteiger partial charge is 0.231 e. The molecular formula is C21H21N3O2S. The van der Waals surface area contributed by atoms with Gasteiger partial charge in [-0.15, -0.1) is 0 Å². The first kappa shape index (κ1) is 19.0. The Morgan fingerprint density at radius 2 is 2.04 bits per heavy atom. The molecule has 27 heavy (non-hydrogen) atoms. The lowest BCUT2D eigenvalue weighted by atomic mass is 10.1. The normalized spacial score (nSPS) is 12.0. The third-order valence-electron chi connectivity index (χ3n) is 4.66. The van der Waals surface area contributed by atoms with Crippen molar-refractivity contribution >= 4 is 28.6 Å². The molecule has 3 rings (SSSR count). The quantitative estimate of drug-likeness (QED) is 0.656.